The summed E-state index contributed by atoms with van der Waals surface area (Å²) in [4.78, 5) is 16.6. The number of para-hydroxylation sites is 1. The van der Waals surface area contributed by atoms with Gasteiger partial charge in [-0.3, -0.25) is 14.9 Å². The molecule has 0 bridgehead atoms. The van der Waals surface area contributed by atoms with Crippen molar-refractivity contribution in [1.29, 1.82) is 0 Å². The second-order valence-electron chi connectivity index (χ2n) is 5.77. The number of pyridine rings is 1. The molecule has 1 amide bonds. The van der Waals surface area contributed by atoms with Gasteiger partial charge in [0.05, 0.1) is 16.9 Å². The minimum absolute atomic E-state index is 0.156. The van der Waals surface area contributed by atoms with Gasteiger partial charge in [0, 0.05) is 28.9 Å². The van der Waals surface area contributed by atoms with E-state index in [0.717, 1.165) is 22.2 Å². The van der Waals surface area contributed by atoms with E-state index in [1.165, 1.54) is 0 Å². The summed E-state index contributed by atoms with van der Waals surface area (Å²) in [6.07, 6.45) is 7.18. The number of aromatic nitrogens is 3. The fourth-order valence-electron chi connectivity index (χ4n) is 2.72. The van der Waals surface area contributed by atoms with Crippen LogP contribution in [0.25, 0.3) is 23.1 Å². The number of H-pyrrole nitrogens is 1. The minimum atomic E-state index is -0.156. The lowest BCUT2D eigenvalue weighted by atomic mass is 10.1. The van der Waals surface area contributed by atoms with Gasteiger partial charge in [-0.15, -0.1) is 0 Å². The number of carbonyl (C=O) groups is 1. The molecule has 4 rings (SSSR count). The Labute approximate surface area is 150 Å². The summed E-state index contributed by atoms with van der Waals surface area (Å²) in [6.45, 7) is 0. The van der Waals surface area contributed by atoms with E-state index in [2.05, 4.69) is 20.5 Å². The normalized spacial score (nSPS) is 11.1. The van der Waals surface area contributed by atoms with Crippen molar-refractivity contribution in [1.82, 2.24) is 15.2 Å². The van der Waals surface area contributed by atoms with E-state index in [1.807, 2.05) is 54.6 Å². The highest BCUT2D eigenvalue weighted by Gasteiger charge is 2.08. The highest BCUT2D eigenvalue weighted by Crippen LogP contribution is 2.21. The van der Waals surface area contributed by atoms with Crippen LogP contribution in [-0.2, 0) is 0 Å². The summed E-state index contributed by atoms with van der Waals surface area (Å²) in [5, 5.41) is 11.3. The van der Waals surface area contributed by atoms with E-state index < -0.39 is 0 Å². The van der Waals surface area contributed by atoms with Crippen molar-refractivity contribution in [2.24, 2.45) is 0 Å². The maximum Gasteiger partial charge on any atom is 0.255 e. The summed E-state index contributed by atoms with van der Waals surface area (Å²) in [6, 6.07) is 18.8. The number of carbonyl (C=O) groups excluding carboxylic acids is 1. The zero-order valence-electron chi connectivity index (χ0n) is 13.9. The van der Waals surface area contributed by atoms with Crippen LogP contribution in [0.1, 0.15) is 21.6 Å². The van der Waals surface area contributed by atoms with Gasteiger partial charge in [0.2, 0.25) is 0 Å². The molecule has 0 atom stereocenters. The fraction of sp³-hybridized carbons (Fsp3) is 0. The van der Waals surface area contributed by atoms with Crippen LogP contribution in [0, 0.1) is 0 Å². The Hall–Kier alpha value is -3.73. The SMILES string of the molecule is O=C(Nc1ccncc1C=Cc1n[nH]c2ccccc12)c1ccccc1. The van der Waals surface area contributed by atoms with Crippen molar-refractivity contribution in [3.63, 3.8) is 0 Å². The number of amides is 1. The molecule has 0 saturated heterocycles. The summed E-state index contributed by atoms with van der Waals surface area (Å²) in [7, 11) is 0. The topological polar surface area (TPSA) is 70.7 Å². The van der Waals surface area contributed by atoms with Crippen molar-refractivity contribution < 1.29 is 4.79 Å². The number of fused-ring (bicyclic) bond motifs is 1. The highest BCUT2D eigenvalue weighted by atomic mass is 16.1. The predicted molar refractivity (Wildman–Crippen MR) is 104 cm³/mol. The zero-order valence-corrected chi connectivity index (χ0v) is 13.9. The molecule has 2 aromatic carbocycles. The van der Waals surface area contributed by atoms with E-state index in [9.17, 15) is 4.79 Å². The molecule has 0 saturated carbocycles. The molecule has 5 nitrogen and oxygen atoms in total. The smallest absolute Gasteiger partial charge is 0.255 e. The van der Waals surface area contributed by atoms with E-state index in [4.69, 9.17) is 0 Å². The molecule has 0 aliphatic carbocycles. The highest BCUT2D eigenvalue weighted by molar-refractivity contribution is 6.05. The Bertz CT molecular complexity index is 1080. The second kappa shape index (κ2) is 7.03. The average Bonchev–Trinajstić information content (AvgIpc) is 3.11. The number of hydrogen-bond acceptors (Lipinski definition) is 3. The van der Waals surface area contributed by atoms with E-state index in [0.29, 0.717) is 11.3 Å². The first-order valence-corrected chi connectivity index (χ1v) is 8.23. The number of benzene rings is 2. The molecule has 0 radical (unpaired) electrons. The Morgan fingerprint density at radius 2 is 1.77 bits per heavy atom. The van der Waals surface area contributed by atoms with Gasteiger partial charge in [-0.1, -0.05) is 36.4 Å². The zero-order chi connectivity index (χ0) is 17.8. The molecule has 0 aliphatic heterocycles. The molecule has 4 aromatic rings. The van der Waals surface area contributed by atoms with Crippen molar-refractivity contribution >= 4 is 34.6 Å². The monoisotopic (exact) mass is 340 g/mol. The summed E-state index contributed by atoms with van der Waals surface area (Å²) in [5.74, 6) is -0.156. The third kappa shape index (κ3) is 3.23. The van der Waals surface area contributed by atoms with Gasteiger partial charge in [0.25, 0.3) is 5.91 Å². The van der Waals surface area contributed by atoms with Crippen LogP contribution < -0.4 is 5.32 Å². The summed E-state index contributed by atoms with van der Waals surface area (Å²) in [5.41, 5.74) is 3.94. The molecule has 2 heterocycles. The van der Waals surface area contributed by atoms with Crippen molar-refractivity contribution in [3.8, 4) is 0 Å². The van der Waals surface area contributed by atoms with Crippen molar-refractivity contribution in [2.75, 3.05) is 5.32 Å². The lowest BCUT2D eigenvalue weighted by Crippen LogP contribution is -2.12. The molecule has 126 valence electrons. The molecule has 26 heavy (non-hydrogen) atoms. The molecule has 0 fully saturated rings. The van der Waals surface area contributed by atoms with Crippen LogP contribution in [0.15, 0.2) is 73.1 Å². The largest absolute Gasteiger partial charge is 0.321 e. The lowest BCUT2D eigenvalue weighted by Gasteiger charge is -2.08. The Kier molecular flexibility index (Phi) is 4.26. The van der Waals surface area contributed by atoms with E-state index >= 15 is 0 Å². The Balaban J connectivity index is 1.61. The van der Waals surface area contributed by atoms with Gasteiger partial charge in [0.15, 0.2) is 0 Å². The first kappa shape index (κ1) is 15.8. The first-order chi connectivity index (χ1) is 12.8. The van der Waals surface area contributed by atoms with Crippen LogP contribution in [0.3, 0.4) is 0 Å². The summed E-state index contributed by atoms with van der Waals surface area (Å²) < 4.78 is 0. The number of aromatic amines is 1. The van der Waals surface area contributed by atoms with Crippen LogP contribution in [0.2, 0.25) is 0 Å². The van der Waals surface area contributed by atoms with Gasteiger partial charge >= 0.3 is 0 Å². The maximum atomic E-state index is 12.4. The molecular formula is C21H16N4O. The van der Waals surface area contributed by atoms with Gasteiger partial charge in [-0.2, -0.15) is 5.10 Å². The first-order valence-electron chi connectivity index (χ1n) is 8.23. The predicted octanol–water partition coefficient (Wildman–Crippen LogP) is 4.38. The Morgan fingerprint density at radius 1 is 0.962 bits per heavy atom. The van der Waals surface area contributed by atoms with Crippen LogP contribution >= 0.6 is 0 Å². The van der Waals surface area contributed by atoms with Crippen molar-refractivity contribution in [3.05, 3.63) is 89.9 Å². The molecule has 2 N–H and O–H groups in total. The van der Waals surface area contributed by atoms with Crippen LogP contribution in [0.4, 0.5) is 5.69 Å². The fourth-order valence-corrected chi connectivity index (χ4v) is 2.72. The van der Waals surface area contributed by atoms with Crippen molar-refractivity contribution in [2.45, 2.75) is 0 Å². The number of rotatable bonds is 4. The van der Waals surface area contributed by atoms with Gasteiger partial charge < -0.3 is 5.32 Å². The quantitative estimate of drug-likeness (QED) is 0.579. The molecule has 0 spiro atoms. The second-order valence-corrected chi connectivity index (χ2v) is 5.77. The third-order valence-corrected chi connectivity index (χ3v) is 4.06. The Morgan fingerprint density at radius 3 is 2.65 bits per heavy atom. The van der Waals surface area contributed by atoms with Gasteiger partial charge in [0.1, 0.15) is 0 Å². The molecule has 5 heteroatoms. The van der Waals surface area contributed by atoms with E-state index in [-0.39, 0.29) is 5.91 Å². The average molecular weight is 340 g/mol. The summed E-state index contributed by atoms with van der Waals surface area (Å²) >= 11 is 0. The van der Waals surface area contributed by atoms with Crippen LogP contribution in [-0.4, -0.2) is 21.1 Å². The van der Waals surface area contributed by atoms with Gasteiger partial charge in [-0.25, -0.2) is 0 Å². The minimum Gasteiger partial charge on any atom is -0.321 e. The number of nitrogens with zero attached hydrogens (tertiary/aromatic N) is 2. The molecular weight excluding hydrogens is 324 g/mol. The van der Waals surface area contributed by atoms with E-state index in [1.54, 1.807) is 30.6 Å². The number of hydrogen-bond donors (Lipinski definition) is 2. The third-order valence-electron chi connectivity index (χ3n) is 4.06. The molecule has 2 aromatic heterocycles. The van der Waals surface area contributed by atoms with Gasteiger partial charge in [-0.05, 0) is 36.4 Å². The standard InChI is InChI=1S/C21H16N4O/c26-21(15-6-2-1-3-7-15)23-18-12-13-22-14-16(18)10-11-20-17-8-4-5-9-19(17)24-25-20/h1-14H,(H,24,25)(H,22,23,26). The number of nitrogens with one attached hydrogen (secondary N) is 2. The molecule has 0 aliphatic rings. The lowest BCUT2D eigenvalue weighted by molar-refractivity contribution is 0.102. The number of anilines is 1. The maximum absolute atomic E-state index is 12.4. The van der Waals surface area contributed by atoms with Crippen LogP contribution in [0.5, 0.6) is 0 Å². The molecule has 0 unspecified atom stereocenters.